The van der Waals surface area contributed by atoms with Gasteiger partial charge < -0.3 is 10.1 Å². The van der Waals surface area contributed by atoms with Crippen LogP contribution in [0.4, 0.5) is 4.39 Å². The van der Waals surface area contributed by atoms with Gasteiger partial charge in [-0.25, -0.2) is 12.8 Å². The molecule has 0 aromatic heterocycles. The highest BCUT2D eigenvalue weighted by Gasteiger charge is 2.29. The summed E-state index contributed by atoms with van der Waals surface area (Å²) >= 11 is 1.34. The molecule has 1 fully saturated rings. The van der Waals surface area contributed by atoms with E-state index in [1.807, 2.05) is 0 Å². The van der Waals surface area contributed by atoms with Crippen molar-refractivity contribution in [3.63, 3.8) is 0 Å². The van der Waals surface area contributed by atoms with Crippen LogP contribution < -0.4 is 10.1 Å². The number of rotatable bonds is 7. The molecule has 3 rings (SSSR count). The minimum atomic E-state index is -3.56. The lowest BCUT2D eigenvalue weighted by molar-refractivity contribution is -0.119. The average molecular weight is 439 g/mol. The maximum absolute atomic E-state index is 12.9. The first kappa shape index (κ1) is 21.6. The Balaban J connectivity index is 1.47. The van der Waals surface area contributed by atoms with Crippen LogP contribution in [0.2, 0.25) is 0 Å². The second-order valence-electron chi connectivity index (χ2n) is 6.66. The monoisotopic (exact) mass is 438 g/mol. The highest BCUT2D eigenvalue weighted by atomic mass is 32.2. The number of nitrogens with zero attached hydrogens (tertiary/aromatic N) is 1. The summed E-state index contributed by atoms with van der Waals surface area (Å²) in [6, 6.07) is 12.3. The summed E-state index contributed by atoms with van der Waals surface area (Å²) in [6.45, 7) is 0.703. The molecule has 0 bridgehead atoms. The zero-order valence-corrected chi connectivity index (χ0v) is 17.6. The fourth-order valence-electron chi connectivity index (χ4n) is 3.09. The van der Waals surface area contributed by atoms with Gasteiger partial charge in [-0.05, 0) is 61.4 Å². The minimum Gasteiger partial charge on any atom is -0.497 e. The van der Waals surface area contributed by atoms with Crippen molar-refractivity contribution >= 4 is 27.7 Å². The first-order valence-corrected chi connectivity index (χ1v) is 11.6. The molecule has 2 aromatic rings. The summed E-state index contributed by atoms with van der Waals surface area (Å²) in [7, 11) is -2.03. The molecule has 1 aliphatic heterocycles. The number of carbonyl (C=O) groups is 1. The van der Waals surface area contributed by atoms with Gasteiger partial charge in [0, 0.05) is 24.0 Å². The molecule has 0 atom stereocenters. The van der Waals surface area contributed by atoms with Crippen molar-refractivity contribution < 1.29 is 22.3 Å². The van der Waals surface area contributed by atoms with Gasteiger partial charge in [0.25, 0.3) is 0 Å². The largest absolute Gasteiger partial charge is 0.497 e. The minimum absolute atomic E-state index is 0.0568. The predicted molar refractivity (Wildman–Crippen MR) is 110 cm³/mol. The molecular formula is C20H23FN2O4S2. The molecule has 6 nitrogen and oxygen atoms in total. The van der Waals surface area contributed by atoms with Crippen molar-refractivity contribution in [3.8, 4) is 5.75 Å². The van der Waals surface area contributed by atoms with E-state index in [1.54, 1.807) is 24.3 Å². The van der Waals surface area contributed by atoms with Crippen molar-refractivity contribution in [3.05, 3.63) is 54.3 Å². The first-order chi connectivity index (χ1) is 13.9. The van der Waals surface area contributed by atoms with Crippen molar-refractivity contribution in [1.29, 1.82) is 0 Å². The summed E-state index contributed by atoms with van der Waals surface area (Å²) in [5, 5.41) is 2.96. The number of hydrogen-bond donors (Lipinski definition) is 1. The Morgan fingerprint density at radius 3 is 2.34 bits per heavy atom. The molecule has 1 N–H and O–H groups in total. The van der Waals surface area contributed by atoms with Crippen LogP contribution in [0.3, 0.4) is 0 Å². The molecule has 1 heterocycles. The smallest absolute Gasteiger partial charge is 0.243 e. The molecule has 29 heavy (non-hydrogen) atoms. The third-order valence-electron chi connectivity index (χ3n) is 4.70. The fraction of sp³-hybridized carbons (Fsp3) is 0.350. The number of benzene rings is 2. The fourth-order valence-corrected chi connectivity index (χ4v) is 5.27. The maximum atomic E-state index is 12.9. The van der Waals surface area contributed by atoms with Crippen LogP contribution in [0, 0.1) is 5.82 Å². The van der Waals surface area contributed by atoms with E-state index in [2.05, 4.69) is 5.32 Å². The topological polar surface area (TPSA) is 75.7 Å². The number of thioether (sulfide) groups is 1. The van der Waals surface area contributed by atoms with E-state index >= 15 is 0 Å². The van der Waals surface area contributed by atoms with Crippen LogP contribution in [0.15, 0.2) is 58.3 Å². The number of ether oxygens (including phenoxy) is 1. The molecule has 156 valence electrons. The number of piperidine rings is 1. The molecular weight excluding hydrogens is 415 g/mol. The van der Waals surface area contributed by atoms with Gasteiger partial charge in [-0.2, -0.15) is 4.31 Å². The van der Waals surface area contributed by atoms with Gasteiger partial charge in [-0.15, -0.1) is 11.8 Å². The normalized spacial score (nSPS) is 15.8. The van der Waals surface area contributed by atoms with Crippen molar-refractivity contribution in [2.75, 3.05) is 26.0 Å². The molecule has 0 radical (unpaired) electrons. The Morgan fingerprint density at radius 1 is 1.14 bits per heavy atom. The second-order valence-corrected chi connectivity index (χ2v) is 9.65. The van der Waals surface area contributed by atoms with Crippen molar-refractivity contribution in [2.24, 2.45) is 0 Å². The quantitative estimate of drug-likeness (QED) is 0.673. The Labute approximate surface area is 174 Å². The molecule has 9 heteroatoms. The Bertz CT molecular complexity index is 926. The van der Waals surface area contributed by atoms with E-state index in [4.69, 9.17) is 4.74 Å². The van der Waals surface area contributed by atoms with Crippen LogP contribution in [0.25, 0.3) is 0 Å². The second kappa shape index (κ2) is 9.60. The van der Waals surface area contributed by atoms with Crippen molar-refractivity contribution in [1.82, 2.24) is 9.62 Å². The van der Waals surface area contributed by atoms with Crippen LogP contribution >= 0.6 is 11.8 Å². The SMILES string of the molecule is COc1ccc(S(=O)(=O)N2CCC(NC(=O)CSc3ccc(F)cc3)CC2)cc1. The number of nitrogens with one attached hydrogen (secondary N) is 1. The number of halogens is 1. The first-order valence-electron chi connectivity index (χ1n) is 9.20. The molecule has 1 saturated heterocycles. The number of amides is 1. The van der Waals surface area contributed by atoms with Gasteiger partial charge in [0.1, 0.15) is 11.6 Å². The molecule has 0 saturated carbocycles. The van der Waals surface area contributed by atoms with E-state index in [-0.39, 0.29) is 28.4 Å². The lowest BCUT2D eigenvalue weighted by Crippen LogP contribution is -2.46. The van der Waals surface area contributed by atoms with Crippen LogP contribution in [-0.4, -0.2) is 50.6 Å². The maximum Gasteiger partial charge on any atom is 0.243 e. The van der Waals surface area contributed by atoms with Gasteiger partial charge in [0.2, 0.25) is 15.9 Å². The predicted octanol–water partition coefficient (Wildman–Crippen LogP) is 2.90. The summed E-state index contributed by atoms with van der Waals surface area (Å²) in [5.74, 6) is 0.408. The Morgan fingerprint density at radius 2 is 1.76 bits per heavy atom. The number of carbonyl (C=O) groups excluding carboxylic acids is 1. The zero-order chi connectivity index (χ0) is 20.9. The van der Waals surface area contributed by atoms with Gasteiger partial charge in [-0.1, -0.05) is 0 Å². The van der Waals surface area contributed by atoms with Gasteiger partial charge in [0.05, 0.1) is 17.8 Å². The van der Waals surface area contributed by atoms with E-state index in [1.165, 1.54) is 47.4 Å². The summed E-state index contributed by atoms with van der Waals surface area (Å²) in [5.41, 5.74) is 0. The van der Waals surface area contributed by atoms with E-state index < -0.39 is 10.0 Å². The number of hydrogen-bond acceptors (Lipinski definition) is 5. The number of methoxy groups -OCH3 is 1. The van der Waals surface area contributed by atoms with E-state index in [9.17, 15) is 17.6 Å². The summed E-state index contributed by atoms with van der Waals surface area (Å²) < 4.78 is 45.0. The van der Waals surface area contributed by atoms with Crippen LogP contribution in [0.5, 0.6) is 5.75 Å². The van der Waals surface area contributed by atoms with E-state index in [0.29, 0.717) is 31.7 Å². The van der Waals surface area contributed by atoms with Crippen LogP contribution in [-0.2, 0) is 14.8 Å². The molecule has 0 unspecified atom stereocenters. The molecule has 0 spiro atoms. The molecule has 1 amide bonds. The number of sulfonamides is 1. The van der Waals surface area contributed by atoms with Crippen LogP contribution in [0.1, 0.15) is 12.8 Å². The van der Waals surface area contributed by atoms with Gasteiger partial charge >= 0.3 is 0 Å². The molecule has 2 aromatic carbocycles. The van der Waals surface area contributed by atoms with Crippen molar-refractivity contribution in [2.45, 2.75) is 28.7 Å². The molecule has 1 aliphatic rings. The molecule has 0 aliphatic carbocycles. The van der Waals surface area contributed by atoms with Gasteiger partial charge in [0.15, 0.2) is 0 Å². The highest BCUT2D eigenvalue weighted by molar-refractivity contribution is 8.00. The average Bonchev–Trinajstić information content (AvgIpc) is 2.74. The third-order valence-corrected chi connectivity index (χ3v) is 7.62. The van der Waals surface area contributed by atoms with Gasteiger partial charge in [-0.3, -0.25) is 4.79 Å². The Kier molecular flexibility index (Phi) is 7.15. The Hall–Kier alpha value is -2.10. The highest BCUT2D eigenvalue weighted by Crippen LogP contribution is 2.23. The summed E-state index contributed by atoms with van der Waals surface area (Å²) in [4.78, 5) is 13.2. The third kappa shape index (κ3) is 5.71. The zero-order valence-electron chi connectivity index (χ0n) is 16.0. The lowest BCUT2D eigenvalue weighted by atomic mass is 10.1. The summed E-state index contributed by atoms with van der Waals surface area (Å²) in [6.07, 6.45) is 1.12. The lowest BCUT2D eigenvalue weighted by Gasteiger charge is -2.31. The standard InChI is InChI=1S/C20H23FN2O4S2/c1-27-17-4-8-19(9-5-17)29(25,26)23-12-10-16(11-13-23)22-20(24)14-28-18-6-2-15(21)3-7-18/h2-9,16H,10-14H2,1H3,(H,22,24). The van der Waals surface area contributed by atoms with E-state index in [0.717, 1.165) is 4.90 Å².